The Labute approximate surface area is 513 Å². The van der Waals surface area contributed by atoms with Crippen LogP contribution in [0.3, 0.4) is 0 Å². The molecule has 0 aliphatic heterocycles. The third kappa shape index (κ3) is 67.2. The van der Waals surface area contributed by atoms with Gasteiger partial charge in [-0.2, -0.15) is 0 Å². The van der Waals surface area contributed by atoms with Crippen LogP contribution in [0.25, 0.3) is 0 Å². The van der Waals surface area contributed by atoms with E-state index in [9.17, 15) is 19.8 Å². The molecule has 2 atom stereocenters. The van der Waals surface area contributed by atoms with E-state index in [0.29, 0.717) is 25.9 Å². The zero-order valence-electron chi connectivity index (χ0n) is 55.5. The Kier molecular flexibility index (Phi) is 69.9. The first-order valence-corrected chi connectivity index (χ1v) is 37.2. The van der Waals surface area contributed by atoms with Crippen LogP contribution in [-0.2, 0) is 14.3 Å². The summed E-state index contributed by atoms with van der Waals surface area (Å²) in [5.41, 5.74) is 0. The van der Waals surface area contributed by atoms with Crippen LogP contribution in [0, 0.1) is 0 Å². The van der Waals surface area contributed by atoms with Gasteiger partial charge in [0, 0.05) is 12.8 Å². The highest BCUT2D eigenvalue weighted by atomic mass is 16.5. The van der Waals surface area contributed by atoms with E-state index >= 15 is 0 Å². The van der Waals surface area contributed by atoms with E-state index in [1.807, 2.05) is 0 Å². The normalized spacial score (nSPS) is 12.7. The molecule has 82 heavy (non-hydrogen) atoms. The van der Waals surface area contributed by atoms with Crippen LogP contribution < -0.4 is 5.32 Å². The Balaban J connectivity index is 3.38. The summed E-state index contributed by atoms with van der Waals surface area (Å²) < 4.78 is 5.50. The molecule has 0 rings (SSSR count). The summed E-state index contributed by atoms with van der Waals surface area (Å²) in [4.78, 5) is 24.7. The number of hydrogen-bond donors (Lipinski definition) is 3. The lowest BCUT2D eigenvalue weighted by Gasteiger charge is -2.22. The fourth-order valence-electron chi connectivity index (χ4n) is 11.7. The summed E-state index contributed by atoms with van der Waals surface area (Å²) in [5.74, 6) is -0.0233. The maximum Gasteiger partial charge on any atom is 0.305 e. The van der Waals surface area contributed by atoms with Gasteiger partial charge in [-0.05, 0) is 83.5 Å². The molecular formula is C76H145NO5. The topological polar surface area (TPSA) is 95.9 Å². The van der Waals surface area contributed by atoms with Crippen molar-refractivity contribution in [3.05, 3.63) is 36.5 Å². The first kappa shape index (κ1) is 80.1. The number of carbonyl (C=O) groups is 2. The summed E-state index contributed by atoms with van der Waals surface area (Å²) in [5, 5.41) is 23.4. The summed E-state index contributed by atoms with van der Waals surface area (Å²) in [7, 11) is 0. The number of ether oxygens (including phenoxy) is 1. The van der Waals surface area contributed by atoms with E-state index in [1.54, 1.807) is 0 Å². The van der Waals surface area contributed by atoms with Crippen molar-refractivity contribution >= 4 is 11.9 Å². The Morgan fingerprint density at radius 3 is 0.951 bits per heavy atom. The van der Waals surface area contributed by atoms with Crippen LogP contribution in [0.15, 0.2) is 36.5 Å². The smallest absolute Gasteiger partial charge is 0.305 e. The third-order valence-corrected chi connectivity index (χ3v) is 17.4. The predicted molar refractivity (Wildman–Crippen MR) is 361 cm³/mol. The van der Waals surface area contributed by atoms with Gasteiger partial charge in [-0.1, -0.05) is 352 Å². The number of amides is 1. The fourth-order valence-corrected chi connectivity index (χ4v) is 11.7. The number of aliphatic hydroxyl groups is 2. The number of nitrogens with one attached hydrogen (secondary N) is 1. The standard InChI is InChI=1S/C76H145NO5/c1-3-5-7-9-11-13-15-17-19-21-23-33-36-40-44-48-52-56-60-64-68-74(79)73(72-78)77-75(80)69-65-61-57-53-49-45-41-37-34-31-29-27-25-24-26-28-30-32-35-39-43-47-51-55-59-63-67-71-82-76(81)70-66-62-58-54-50-46-42-38-22-20-18-16-14-12-10-8-6-4-2/h14,16,20,22,24-25,73-74,78-79H,3-13,15,17-19,21,23,26-72H2,1-2H3,(H,77,80)/b16-14-,22-20-,25-24-. The molecule has 0 radical (unpaired) electrons. The average Bonchev–Trinajstić information content (AvgIpc) is 3.48. The number of esters is 1. The Morgan fingerprint density at radius 2 is 0.610 bits per heavy atom. The molecule has 0 aliphatic carbocycles. The summed E-state index contributed by atoms with van der Waals surface area (Å²) >= 11 is 0. The molecule has 0 aromatic heterocycles. The minimum absolute atomic E-state index is 0.00847. The molecule has 0 aromatic carbocycles. The molecule has 0 saturated carbocycles. The quantitative estimate of drug-likeness (QED) is 0.0320. The van der Waals surface area contributed by atoms with Gasteiger partial charge in [0.05, 0.1) is 25.4 Å². The van der Waals surface area contributed by atoms with E-state index in [4.69, 9.17) is 4.74 Å². The lowest BCUT2D eigenvalue weighted by atomic mass is 10.0. The largest absolute Gasteiger partial charge is 0.466 e. The number of carbonyl (C=O) groups excluding carboxylic acids is 2. The van der Waals surface area contributed by atoms with Crippen LogP contribution in [0.1, 0.15) is 412 Å². The number of hydrogen-bond acceptors (Lipinski definition) is 5. The van der Waals surface area contributed by atoms with E-state index in [-0.39, 0.29) is 18.5 Å². The maximum atomic E-state index is 12.5. The molecule has 0 fully saturated rings. The highest BCUT2D eigenvalue weighted by molar-refractivity contribution is 5.76. The Morgan fingerprint density at radius 1 is 0.341 bits per heavy atom. The van der Waals surface area contributed by atoms with Crippen molar-refractivity contribution in [1.29, 1.82) is 0 Å². The summed E-state index contributed by atoms with van der Waals surface area (Å²) in [6.45, 7) is 4.97. The van der Waals surface area contributed by atoms with Crippen molar-refractivity contribution in [2.75, 3.05) is 13.2 Å². The van der Waals surface area contributed by atoms with Gasteiger partial charge >= 0.3 is 5.97 Å². The van der Waals surface area contributed by atoms with Crippen molar-refractivity contribution in [2.45, 2.75) is 424 Å². The van der Waals surface area contributed by atoms with Crippen molar-refractivity contribution in [1.82, 2.24) is 5.32 Å². The molecule has 0 spiro atoms. The van der Waals surface area contributed by atoms with Crippen molar-refractivity contribution in [3.8, 4) is 0 Å². The molecule has 0 bridgehead atoms. The molecule has 0 aliphatic rings. The molecule has 484 valence electrons. The van der Waals surface area contributed by atoms with Crippen molar-refractivity contribution in [3.63, 3.8) is 0 Å². The van der Waals surface area contributed by atoms with E-state index < -0.39 is 12.1 Å². The second-order valence-electron chi connectivity index (χ2n) is 25.6. The third-order valence-electron chi connectivity index (χ3n) is 17.4. The number of aliphatic hydroxyl groups excluding tert-OH is 2. The highest BCUT2D eigenvalue weighted by Gasteiger charge is 2.20. The molecule has 0 saturated heterocycles. The predicted octanol–water partition coefficient (Wildman–Crippen LogP) is 24.3. The molecule has 1 amide bonds. The average molecular weight is 1150 g/mol. The van der Waals surface area contributed by atoms with Crippen LogP contribution in [0.4, 0.5) is 0 Å². The number of rotatable bonds is 70. The van der Waals surface area contributed by atoms with Crippen molar-refractivity contribution in [2.24, 2.45) is 0 Å². The van der Waals surface area contributed by atoms with Crippen LogP contribution in [0.5, 0.6) is 0 Å². The second-order valence-corrected chi connectivity index (χ2v) is 25.6. The van der Waals surface area contributed by atoms with Gasteiger partial charge in [-0.15, -0.1) is 0 Å². The first-order chi connectivity index (χ1) is 40.5. The van der Waals surface area contributed by atoms with E-state index in [0.717, 1.165) is 51.4 Å². The minimum Gasteiger partial charge on any atom is -0.466 e. The SMILES string of the molecule is CCCCCC/C=C\C/C=C\CCCCCCCCCC(=O)OCCCCCCCCCCCCCC/C=C\CCCCCCCCCCCCCC(=O)NC(CO)C(O)CCCCCCCCCCCCCCCCCCCCCC. The van der Waals surface area contributed by atoms with Gasteiger partial charge in [-0.3, -0.25) is 9.59 Å². The summed E-state index contributed by atoms with van der Waals surface area (Å²) in [6, 6.07) is -0.543. The lowest BCUT2D eigenvalue weighted by Crippen LogP contribution is -2.45. The van der Waals surface area contributed by atoms with Crippen LogP contribution >= 0.6 is 0 Å². The minimum atomic E-state index is -0.666. The van der Waals surface area contributed by atoms with E-state index in [2.05, 4.69) is 55.6 Å². The molecule has 6 nitrogen and oxygen atoms in total. The Bertz CT molecular complexity index is 1330. The molecule has 3 N–H and O–H groups in total. The molecule has 0 aromatic rings. The van der Waals surface area contributed by atoms with Gasteiger partial charge in [0.1, 0.15) is 0 Å². The van der Waals surface area contributed by atoms with Gasteiger partial charge in [-0.25, -0.2) is 0 Å². The van der Waals surface area contributed by atoms with Gasteiger partial charge < -0.3 is 20.3 Å². The monoisotopic (exact) mass is 1150 g/mol. The highest BCUT2D eigenvalue weighted by Crippen LogP contribution is 2.19. The Hall–Kier alpha value is -1.92. The molecule has 2 unspecified atom stereocenters. The lowest BCUT2D eigenvalue weighted by molar-refractivity contribution is -0.143. The maximum absolute atomic E-state index is 12.5. The second kappa shape index (κ2) is 71.6. The van der Waals surface area contributed by atoms with Gasteiger partial charge in [0.15, 0.2) is 0 Å². The zero-order chi connectivity index (χ0) is 59.2. The van der Waals surface area contributed by atoms with Crippen LogP contribution in [0.2, 0.25) is 0 Å². The van der Waals surface area contributed by atoms with Gasteiger partial charge in [0.25, 0.3) is 0 Å². The van der Waals surface area contributed by atoms with Crippen LogP contribution in [-0.4, -0.2) is 47.4 Å². The first-order valence-electron chi connectivity index (χ1n) is 37.2. The number of allylic oxidation sites excluding steroid dienone is 6. The van der Waals surface area contributed by atoms with Crippen molar-refractivity contribution < 1.29 is 24.5 Å². The molecule has 6 heteroatoms. The molecular weight excluding hydrogens is 1010 g/mol. The zero-order valence-corrected chi connectivity index (χ0v) is 55.5. The summed E-state index contributed by atoms with van der Waals surface area (Å²) in [6.07, 6.45) is 92.0. The number of unbranched alkanes of at least 4 members (excludes halogenated alkanes) is 53. The molecule has 0 heterocycles. The van der Waals surface area contributed by atoms with E-state index in [1.165, 1.54) is 327 Å². The van der Waals surface area contributed by atoms with Gasteiger partial charge in [0.2, 0.25) is 5.91 Å². The fraction of sp³-hybridized carbons (Fsp3) is 0.895.